The SMILES string of the molecule is CCNC1CCCc2c1ccc(=O)n2CCOCCO. The first-order chi connectivity index (χ1) is 9.77. The number of hydrogen-bond acceptors (Lipinski definition) is 4. The first-order valence-electron chi connectivity index (χ1n) is 7.42. The van der Waals surface area contributed by atoms with Crippen molar-refractivity contribution in [1.82, 2.24) is 9.88 Å². The van der Waals surface area contributed by atoms with Crippen molar-refractivity contribution in [3.63, 3.8) is 0 Å². The van der Waals surface area contributed by atoms with Crippen LogP contribution in [-0.4, -0.2) is 36.0 Å². The van der Waals surface area contributed by atoms with Crippen molar-refractivity contribution in [3.8, 4) is 0 Å². The Hall–Kier alpha value is -1.17. The van der Waals surface area contributed by atoms with E-state index in [0.717, 1.165) is 31.5 Å². The highest BCUT2D eigenvalue weighted by atomic mass is 16.5. The average Bonchev–Trinajstić information content (AvgIpc) is 2.46. The molecule has 2 rings (SSSR count). The van der Waals surface area contributed by atoms with Crippen LogP contribution in [0.25, 0.3) is 0 Å². The third kappa shape index (κ3) is 3.48. The Balaban J connectivity index is 2.18. The molecule has 1 aromatic rings. The van der Waals surface area contributed by atoms with E-state index in [2.05, 4.69) is 12.2 Å². The highest BCUT2D eigenvalue weighted by Crippen LogP contribution is 2.28. The molecule has 0 amide bonds. The van der Waals surface area contributed by atoms with Crippen LogP contribution in [-0.2, 0) is 17.7 Å². The molecule has 1 aliphatic rings. The maximum absolute atomic E-state index is 12.1. The van der Waals surface area contributed by atoms with Crippen molar-refractivity contribution in [3.05, 3.63) is 33.7 Å². The molecule has 20 heavy (non-hydrogen) atoms. The molecule has 0 spiro atoms. The third-order valence-electron chi connectivity index (χ3n) is 3.76. The Labute approximate surface area is 119 Å². The minimum atomic E-state index is 0.0181. The number of aliphatic hydroxyl groups is 1. The van der Waals surface area contributed by atoms with Crippen LogP contribution >= 0.6 is 0 Å². The van der Waals surface area contributed by atoms with Gasteiger partial charge in [-0.15, -0.1) is 0 Å². The highest BCUT2D eigenvalue weighted by molar-refractivity contribution is 5.27. The van der Waals surface area contributed by atoms with Crippen molar-refractivity contribution < 1.29 is 9.84 Å². The molecule has 1 atom stereocenters. The molecular weight excluding hydrogens is 256 g/mol. The van der Waals surface area contributed by atoms with Crippen molar-refractivity contribution >= 4 is 0 Å². The molecule has 1 heterocycles. The number of aliphatic hydroxyl groups excluding tert-OH is 1. The minimum Gasteiger partial charge on any atom is -0.394 e. The Morgan fingerprint density at radius 3 is 3.05 bits per heavy atom. The number of ether oxygens (including phenoxy) is 1. The molecule has 0 aliphatic heterocycles. The van der Waals surface area contributed by atoms with Gasteiger partial charge >= 0.3 is 0 Å². The number of aromatic nitrogens is 1. The normalized spacial score (nSPS) is 18.0. The third-order valence-corrected chi connectivity index (χ3v) is 3.76. The Kier molecular flexibility index (Phi) is 5.76. The summed E-state index contributed by atoms with van der Waals surface area (Å²) in [5.74, 6) is 0. The maximum Gasteiger partial charge on any atom is 0.250 e. The predicted molar refractivity (Wildman–Crippen MR) is 78.0 cm³/mol. The summed E-state index contributed by atoms with van der Waals surface area (Å²) in [5, 5.41) is 12.2. The molecule has 0 bridgehead atoms. The number of pyridine rings is 1. The molecule has 0 aromatic carbocycles. The van der Waals surface area contributed by atoms with Gasteiger partial charge in [0, 0.05) is 24.3 Å². The van der Waals surface area contributed by atoms with Crippen LogP contribution in [0.15, 0.2) is 16.9 Å². The maximum atomic E-state index is 12.1. The van der Waals surface area contributed by atoms with E-state index in [1.165, 1.54) is 5.56 Å². The van der Waals surface area contributed by atoms with E-state index in [9.17, 15) is 4.79 Å². The zero-order valence-electron chi connectivity index (χ0n) is 12.1. The van der Waals surface area contributed by atoms with Crippen molar-refractivity contribution in [2.75, 3.05) is 26.4 Å². The fourth-order valence-corrected chi connectivity index (χ4v) is 2.89. The summed E-state index contributed by atoms with van der Waals surface area (Å²) in [4.78, 5) is 12.1. The van der Waals surface area contributed by atoms with Crippen LogP contribution in [0.3, 0.4) is 0 Å². The van der Waals surface area contributed by atoms with E-state index in [0.29, 0.717) is 25.8 Å². The second kappa shape index (κ2) is 7.57. The van der Waals surface area contributed by atoms with Crippen LogP contribution < -0.4 is 10.9 Å². The molecule has 5 heteroatoms. The van der Waals surface area contributed by atoms with Crippen molar-refractivity contribution in [1.29, 1.82) is 0 Å². The summed E-state index contributed by atoms with van der Waals surface area (Å²) in [6.07, 6.45) is 3.18. The van der Waals surface area contributed by atoms with Crippen LogP contribution in [0.5, 0.6) is 0 Å². The fourth-order valence-electron chi connectivity index (χ4n) is 2.89. The van der Waals surface area contributed by atoms with Gasteiger partial charge in [-0.2, -0.15) is 0 Å². The van der Waals surface area contributed by atoms with Crippen molar-refractivity contribution in [2.45, 2.75) is 38.8 Å². The van der Waals surface area contributed by atoms with Gasteiger partial charge in [0.1, 0.15) is 0 Å². The van der Waals surface area contributed by atoms with E-state index < -0.39 is 0 Å². The lowest BCUT2D eigenvalue weighted by Gasteiger charge is -2.28. The van der Waals surface area contributed by atoms with Crippen LogP contribution in [0.2, 0.25) is 0 Å². The lowest BCUT2D eigenvalue weighted by molar-refractivity contribution is 0.0860. The van der Waals surface area contributed by atoms with Gasteiger partial charge in [-0.3, -0.25) is 4.79 Å². The summed E-state index contributed by atoms with van der Waals surface area (Å²) in [5.41, 5.74) is 2.43. The molecular formula is C15H24N2O3. The molecule has 2 N–H and O–H groups in total. The van der Waals surface area contributed by atoms with E-state index in [1.807, 2.05) is 10.6 Å². The first kappa shape index (κ1) is 15.2. The summed E-state index contributed by atoms with van der Waals surface area (Å²) in [7, 11) is 0. The number of fused-ring (bicyclic) bond motifs is 1. The summed E-state index contributed by atoms with van der Waals surface area (Å²) in [6.45, 7) is 4.40. The monoisotopic (exact) mass is 280 g/mol. The Bertz CT molecular complexity index is 484. The smallest absolute Gasteiger partial charge is 0.250 e. The molecule has 5 nitrogen and oxygen atoms in total. The topological polar surface area (TPSA) is 63.5 Å². The number of nitrogens with zero attached hydrogens (tertiary/aromatic N) is 1. The molecule has 0 fully saturated rings. The van der Waals surface area contributed by atoms with E-state index >= 15 is 0 Å². The summed E-state index contributed by atoms with van der Waals surface area (Å²) < 4.78 is 7.11. The molecule has 0 saturated heterocycles. The second-order valence-corrected chi connectivity index (χ2v) is 5.06. The molecule has 1 aromatic heterocycles. The van der Waals surface area contributed by atoms with E-state index in [-0.39, 0.29) is 12.2 Å². The minimum absolute atomic E-state index is 0.0181. The van der Waals surface area contributed by atoms with E-state index in [1.54, 1.807) is 6.07 Å². The van der Waals surface area contributed by atoms with Gasteiger partial charge in [0.2, 0.25) is 0 Å². The standard InChI is InChI=1S/C15H24N2O3/c1-2-16-13-4-3-5-14-12(13)6-7-15(19)17(14)8-10-20-11-9-18/h6-7,13,16,18H,2-5,8-11H2,1H3. The molecule has 1 aliphatic carbocycles. The lowest BCUT2D eigenvalue weighted by atomic mass is 9.91. The number of rotatable bonds is 7. The first-order valence-corrected chi connectivity index (χ1v) is 7.42. The average molecular weight is 280 g/mol. The zero-order valence-corrected chi connectivity index (χ0v) is 12.1. The van der Waals surface area contributed by atoms with Gasteiger partial charge < -0.3 is 19.7 Å². The van der Waals surface area contributed by atoms with E-state index in [4.69, 9.17) is 9.84 Å². The van der Waals surface area contributed by atoms with Gasteiger partial charge in [-0.05, 0) is 31.4 Å². The lowest BCUT2D eigenvalue weighted by Crippen LogP contribution is -2.32. The Morgan fingerprint density at radius 2 is 2.30 bits per heavy atom. The second-order valence-electron chi connectivity index (χ2n) is 5.06. The number of nitrogens with one attached hydrogen (secondary N) is 1. The van der Waals surface area contributed by atoms with Crippen LogP contribution in [0.4, 0.5) is 0 Å². The van der Waals surface area contributed by atoms with Gasteiger partial charge in [0.15, 0.2) is 0 Å². The van der Waals surface area contributed by atoms with Crippen LogP contribution in [0.1, 0.15) is 37.1 Å². The predicted octanol–water partition coefficient (Wildman–Crippen LogP) is 0.844. The quantitative estimate of drug-likeness (QED) is 0.727. The van der Waals surface area contributed by atoms with Gasteiger partial charge in [0.05, 0.1) is 19.8 Å². The van der Waals surface area contributed by atoms with Gasteiger partial charge in [-0.1, -0.05) is 13.0 Å². The largest absolute Gasteiger partial charge is 0.394 e. The summed E-state index contributed by atoms with van der Waals surface area (Å²) >= 11 is 0. The molecule has 1 unspecified atom stereocenters. The fraction of sp³-hybridized carbons (Fsp3) is 0.667. The molecule has 0 saturated carbocycles. The molecule has 0 radical (unpaired) electrons. The highest BCUT2D eigenvalue weighted by Gasteiger charge is 2.22. The number of hydrogen-bond donors (Lipinski definition) is 2. The van der Waals surface area contributed by atoms with Gasteiger partial charge in [0.25, 0.3) is 5.56 Å². The Morgan fingerprint density at radius 1 is 1.45 bits per heavy atom. The molecule has 112 valence electrons. The zero-order chi connectivity index (χ0) is 14.4. The van der Waals surface area contributed by atoms with Gasteiger partial charge in [-0.25, -0.2) is 0 Å². The van der Waals surface area contributed by atoms with Crippen molar-refractivity contribution in [2.24, 2.45) is 0 Å². The van der Waals surface area contributed by atoms with Crippen LogP contribution in [0, 0.1) is 0 Å². The summed E-state index contributed by atoms with van der Waals surface area (Å²) in [6, 6.07) is 3.98.